The van der Waals surface area contributed by atoms with Gasteiger partial charge in [0.1, 0.15) is 5.71 Å². The molecule has 1 amide bonds. The Balaban J connectivity index is 1.68. The Morgan fingerprint density at radius 3 is 3.18 bits per heavy atom. The SMILES string of the molecule is O=C1CN(C(=S)N/N=C2/CCNC3=CC=CCN=C32)CCN1. The van der Waals surface area contributed by atoms with Gasteiger partial charge in [0.05, 0.1) is 24.5 Å². The number of hydrogen-bond acceptors (Lipinski definition) is 5. The smallest absolute Gasteiger partial charge is 0.239 e. The molecular formula is C14H18N6OS. The molecule has 8 heteroatoms. The van der Waals surface area contributed by atoms with Gasteiger partial charge in [-0.3, -0.25) is 15.2 Å². The summed E-state index contributed by atoms with van der Waals surface area (Å²) in [5.74, 6) is -0.0191. The molecule has 3 rings (SSSR count). The maximum Gasteiger partial charge on any atom is 0.239 e. The number of fused-ring (bicyclic) bond motifs is 1. The lowest BCUT2D eigenvalue weighted by atomic mass is 10.0. The number of aliphatic imine (C=N–C) groups is 1. The van der Waals surface area contributed by atoms with Gasteiger partial charge in [-0.15, -0.1) is 0 Å². The number of carbonyl (C=O) groups is 1. The fraction of sp³-hybridized carbons (Fsp3) is 0.429. The molecule has 0 aliphatic carbocycles. The van der Waals surface area contributed by atoms with Gasteiger partial charge < -0.3 is 15.5 Å². The van der Waals surface area contributed by atoms with Crippen LogP contribution in [0.4, 0.5) is 0 Å². The molecule has 22 heavy (non-hydrogen) atoms. The molecule has 0 aromatic rings. The maximum absolute atomic E-state index is 11.4. The Labute approximate surface area is 134 Å². The van der Waals surface area contributed by atoms with Crippen LogP contribution in [0.15, 0.2) is 34.0 Å². The van der Waals surface area contributed by atoms with Gasteiger partial charge in [-0.1, -0.05) is 12.2 Å². The van der Waals surface area contributed by atoms with E-state index in [0.29, 0.717) is 24.7 Å². The van der Waals surface area contributed by atoms with Gasteiger partial charge in [0.15, 0.2) is 5.11 Å². The van der Waals surface area contributed by atoms with Crippen molar-refractivity contribution in [1.82, 2.24) is 21.0 Å². The minimum atomic E-state index is -0.0191. The van der Waals surface area contributed by atoms with Crippen molar-refractivity contribution in [2.75, 3.05) is 32.7 Å². The summed E-state index contributed by atoms with van der Waals surface area (Å²) in [7, 11) is 0. The van der Waals surface area contributed by atoms with Crippen LogP contribution in [0.25, 0.3) is 0 Å². The van der Waals surface area contributed by atoms with Gasteiger partial charge >= 0.3 is 0 Å². The molecule has 0 radical (unpaired) electrons. The monoisotopic (exact) mass is 318 g/mol. The van der Waals surface area contributed by atoms with Crippen LogP contribution >= 0.6 is 12.2 Å². The molecule has 0 atom stereocenters. The zero-order valence-electron chi connectivity index (χ0n) is 12.1. The molecule has 3 aliphatic rings. The minimum absolute atomic E-state index is 0.0191. The number of thiocarbonyl (C=S) groups is 1. The van der Waals surface area contributed by atoms with E-state index in [-0.39, 0.29) is 12.5 Å². The molecule has 3 N–H and O–H groups in total. The first kappa shape index (κ1) is 14.7. The number of piperidine rings is 1. The zero-order chi connectivity index (χ0) is 15.4. The largest absolute Gasteiger partial charge is 0.383 e. The van der Waals surface area contributed by atoms with Gasteiger partial charge in [0, 0.05) is 26.1 Å². The Morgan fingerprint density at radius 1 is 1.41 bits per heavy atom. The van der Waals surface area contributed by atoms with Crippen LogP contribution in [0, 0.1) is 0 Å². The molecule has 0 saturated carbocycles. The third-order valence-electron chi connectivity index (χ3n) is 3.57. The van der Waals surface area contributed by atoms with E-state index in [4.69, 9.17) is 12.2 Å². The topological polar surface area (TPSA) is 81.1 Å². The van der Waals surface area contributed by atoms with Crippen LogP contribution in [0.3, 0.4) is 0 Å². The van der Waals surface area contributed by atoms with Crippen molar-refractivity contribution in [2.45, 2.75) is 6.42 Å². The summed E-state index contributed by atoms with van der Waals surface area (Å²) < 4.78 is 0. The fourth-order valence-corrected chi connectivity index (χ4v) is 2.66. The van der Waals surface area contributed by atoms with Gasteiger partial charge in [0.25, 0.3) is 0 Å². The van der Waals surface area contributed by atoms with Crippen LogP contribution < -0.4 is 16.1 Å². The second kappa shape index (κ2) is 6.69. The molecule has 0 aromatic carbocycles. The second-order valence-electron chi connectivity index (χ2n) is 5.12. The van der Waals surface area contributed by atoms with E-state index < -0.39 is 0 Å². The molecule has 7 nitrogen and oxygen atoms in total. The maximum atomic E-state index is 11.4. The third-order valence-corrected chi connectivity index (χ3v) is 3.92. The average molecular weight is 318 g/mol. The lowest BCUT2D eigenvalue weighted by Gasteiger charge is -2.28. The number of allylic oxidation sites excluding steroid dienone is 3. The summed E-state index contributed by atoms with van der Waals surface area (Å²) in [6, 6.07) is 0. The molecule has 2 saturated heterocycles. The minimum Gasteiger partial charge on any atom is -0.383 e. The first-order valence-electron chi connectivity index (χ1n) is 7.28. The summed E-state index contributed by atoms with van der Waals surface area (Å²) in [5.41, 5.74) is 5.66. The molecule has 2 fully saturated rings. The summed E-state index contributed by atoms with van der Waals surface area (Å²) >= 11 is 5.31. The number of hydrogen-bond donors (Lipinski definition) is 3. The Morgan fingerprint density at radius 2 is 2.32 bits per heavy atom. The lowest BCUT2D eigenvalue weighted by molar-refractivity contribution is -0.122. The average Bonchev–Trinajstić information content (AvgIpc) is 2.78. The van der Waals surface area contributed by atoms with Gasteiger partial charge in [-0.25, -0.2) is 0 Å². The van der Waals surface area contributed by atoms with Crippen molar-refractivity contribution in [3.8, 4) is 0 Å². The van der Waals surface area contributed by atoms with E-state index in [1.807, 2.05) is 23.1 Å². The van der Waals surface area contributed by atoms with Crippen molar-refractivity contribution < 1.29 is 4.79 Å². The Hall–Kier alpha value is -2.22. The first-order valence-corrected chi connectivity index (χ1v) is 7.69. The Kier molecular flexibility index (Phi) is 4.47. The Bertz CT molecular complexity index is 606. The predicted molar refractivity (Wildman–Crippen MR) is 89.9 cm³/mol. The third kappa shape index (κ3) is 3.33. The molecule has 3 aliphatic heterocycles. The molecule has 0 bridgehead atoms. The lowest BCUT2D eigenvalue weighted by Crippen LogP contribution is -2.52. The highest BCUT2D eigenvalue weighted by Gasteiger charge is 2.21. The van der Waals surface area contributed by atoms with Crippen LogP contribution in [0.5, 0.6) is 0 Å². The number of nitrogens with zero attached hydrogens (tertiary/aromatic N) is 3. The van der Waals surface area contributed by atoms with Gasteiger partial charge in [-0.2, -0.15) is 5.10 Å². The standard InChI is InChI=1S/C14H18N6OS/c21-12-9-20(8-7-16-12)14(22)19-18-11-4-6-15-10-3-1-2-5-17-13(10)11/h1-3,15H,4-9H2,(H,16,21)(H,19,22)/b18-11-. The highest BCUT2D eigenvalue weighted by atomic mass is 32.1. The second-order valence-corrected chi connectivity index (χ2v) is 5.51. The van der Waals surface area contributed by atoms with Crippen molar-refractivity contribution in [3.05, 3.63) is 23.9 Å². The molecule has 0 unspecified atom stereocenters. The van der Waals surface area contributed by atoms with Crippen LogP contribution in [0.2, 0.25) is 0 Å². The predicted octanol–water partition coefficient (Wildman–Crippen LogP) is -0.463. The summed E-state index contributed by atoms with van der Waals surface area (Å²) in [5, 5.41) is 11.0. The molecule has 0 aromatic heterocycles. The summed E-state index contributed by atoms with van der Waals surface area (Å²) in [6.07, 6.45) is 6.79. The highest BCUT2D eigenvalue weighted by molar-refractivity contribution is 7.80. The highest BCUT2D eigenvalue weighted by Crippen LogP contribution is 2.09. The van der Waals surface area contributed by atoms with Crippen molar-refractivity contribution >= 4 is 34.7 Å². The quantitative estimate of drug-likeness (QED) is 0.450. The molecule has 116 valence electrons. The molecule has 3 heterocycles. The number of amides is 1. The van der Waals surface area contributed by atoms with E-state index >= 15 is 0 Å². The van der Waals surface area contributed by atoms with Crippen molar-refractivity contribution in [3.63, 3.8) is 0 Å². The van der Waals surface area contributed by atoms with E-state index in [9.17, 15) is 4.79 Å². The normalized spacial score (nSPS) is 22.8. The number of nitrogens with one attached hydrogen (secondary N) is 3. The van der Waals surface area contributed by atoms with E-state index in [1.54, 1.807) is 0 Å². The fourth-order valence-electron chi connectivity index (χ4n) is 2.46. The van der Waals surface area contributed by atoms with Gasteiger partial charge in [-0.05, 0) is 18.3 Å². The number of rotatable bonds is 1. The van der Waals surface area contributed by atoms with E-state index in [1.165, 1.54) is 0 Å². The summed E-state index contributed by atoms with van der Waals surface area (Å²) in [4.78, 5) is 17.7. The van der Waals surface area contributed by atoms with Crippen LogP contribution in [0.1, 0.15) is 6.42 Å². The van der Waals surface area contributed by atoms with E-state index in [0.717, 1.165) is 30.1 Å². The number of piperazine rings is 1. The van der Waals surface area contributed by atoms with Crippen LogP contribution in [-0.2, 0) is 4.79 Å². The zero-order valence-corrected chi connectivity index (χ0v) is 12.9. The van der Waals surface area contributed by atoms with E-state index in [2.05, 4.69) is 26.2 Å². The molecular weight excluding hydrogens is 300 g/mol. The number of hydrazone groups is 1. The van der Waals surface area contributed by atoms with Crippen LogP contribution in [-0.4, -0.2) is 60.1 Å². The van der Waals surface area contributed by atoms with Crippen molar-refractivity contribution in [1.29, 1.82) is 0 Å². The first-order chi connectivity index (χ1) is 10.7. The number of carbonyl (C=O) groups excluding carboxylic acids is 1. The molecule has 0 spiro atoms. The van der Waals surface area contributed by atoms with Crippen molar-refractivity contribution in [2.24, 2.45) is 10.1 Å². The van der Waals surface area contributed by atoms with Gasteiger partial charge in [0.2, 0.25) is 5.91 Å². The summed E-state index contributed by atoms with van der Waals surface area (Å²) in [6.45, 7) is 3.03.